The molecule has 2 aliphatic heterocycles. The normalized spacial score (nSPS) is 19.8. The van der Waals surface area contributed by atoms with Gasteiger partial charge in [0.25, 0.3) is 5.91 Å². The zero-order valence-corrected chi connectivity index (χ0v) is 25.1. The molecule has 12 nitrogen and oxygen atoms in total. The second-order valence-electron chi connectivity index (χ2n) is 10.7. The van der Waals surface area contributed by atoms with E-state index >= 15 is 0 Å². The van der Waals surface area contributed by atoms with Gasteiger partial charge in [-0.3, -0.25) is 9.59 Å². The number of amides is 2. The first-order valence-corrected chi connectivity index (χ1v) is 15.6. The zero-order chi connectivity index (χ0) is 32.1. The number of carboxylic acid groups (broad SMARTS) is 1. The highest BCUT2D eigenvalue weighted by atomic mass is 32.2. The number of fused-ring (bicyclic) bond motifs is 5. The van der Waals surface area contributed by atoms with Crippen LogP contribution in [-0.4, -0.2) is 74.6 Å². The average molecular weight is 642 g/mol. The fraction of sp³-hybridized carbons (Fsp3) is 0.323. The number of hydrogen-bond donors (Lipinski definition) is 3. The van der Waals surface area contributed by atoms with Gasteiger partial charge in [0, 0.05) is 38.5 Å². The summed E-state index contributed by atoms with van der Waals surface area (Å²) in [7, 11) is -2.62. The maximum absolute atomic E-state index is 14.6. The van der Waals surface area contributed by atoms with Crippen molar-refractivity contribution in [2.75, 3.05) is 26.8 Å². The van der Waals surface area contributed by atoms with E-state index in [9.17, 15) is 32.3 Å². The van der Waals surface area contributed by atoms with Gasteiger partial charge in [-0.2, -0.15) is 4.31 Å². The van der Waals surface area contributed by atoms with E-state index in [1.54, 1.807) is 24.3 Å². The number of benzene rings is 3. The highest BCUT2D eigenvalue weighted by molar-refractivity contribution is 7.89. The van der Waals surface area contributed by atoms with Crippen LogP contribution < -0.4 is 24.8 Å². The molecule has 0 saturated carbocycles. The van der Waals surface area contributed by atoms with E-state index in [1.165, 1.54) is 47.8 Å². The summed E-state index contributed by atoms with van der Waals surface area (Å²) >= 11 is 0. The summed E-state index contributed by atoms with van der Waals surface area (Å²) in [5, 5.41) is 14.8. The third kappa shape index (κ3) is 7.70. The van der Waals surface area contributed by atoms with Crippen molar-refractivity contribution in [3.63, 3.8) is 0 Å². The third-order valence-corrected chi connectivity index (χ3v) is 9.41. The van der Waals surface area contributed by atoms with Gasteiger partial charge < -0.3 is 30.0 Å². The number of hydrogen-bond acceptors (Lipinski definition) is 8. The molecule has 2 atom stereocenters. The molecule has 1 fully saturated rings. The first-order chi connectivity index (χ1) is 21.5. The highest BCUT2D eigenvalue weighted by Crippen LogP contribution is 2.29. The van der Waals surface area contributed by atoms with Crippen LogP contribution in [0.25, 0.3) is 0 Å². The molecule has 3 N–H and O–H groups in total. The molecule has 0 radical (unpaired) electrons. The fourth-order valence-electron chi connectivity index (χ4n) is 5.21. The van der Waals surface area contributed by atoms with Crippen LogP contribution in [0.2, 0.25) is 0 Å². The summed E-state index contributed by atoms with van der Waals surface area (Å²) in [5.41, 5.74) is 1.17. The van der Waals surface area contributed by atoms with Gasteiger partial charge in [-0.15, -0.1) is 0 Å². The number of methoxy groups -OCH3 is 1. The van der Waals surface area contributed by atoms with Crippen LogP contribution in [0.5, 0.6) is 17.2 Å². The number of nitrogens with zero attached hydrogens (tertiary/aromatic N) is 1. The van der Waals surface area contributed by atoms with Crippen LogP contribution in [0.3, 0.4) is 0 Å². The van der Waals surface area contributed by atoms with Crippen LogP contribution in [0, 0.1) is 5.82 Å². The SMILES string of the molecule is COc1ccc2cc1OCC(=O)N[C@@H]1CN(S(=O)(=O)c3ccc(C(=O)O)cc3)CC[C@H]1Oc1cc(F)cc(c1)CNC(=O)CC2. The number of halogens is 1. The van der Waals surface area contributed by atoms with Crippen LogP contribution in [0.4, 0.5) is 4.39 Å². The molecule has 5 rings (SSSR count). The number of rotatable bonds is 4. The highest BCUT2D eigenvalue weighted by Gasteiger charge is 2.38. The molecule has 0 aromatic heterocycles. The molecule has 3 aromatic carbocycles. The molecule has 3 aromatic rings. The first kappa shape index (κ1) is 31.7. The van der Waals surface area contributed by atoms with Crippen LogP contribution >= 0.6 is 0 Å². The predicted octanol–water partition coefficient (Wildman–Crippen LogP) is 2.50. The lowest BCUT2D eigenvalue weighted by Crippen LogP contribution is -2.58. The van der Waals surface area contributed by atoms with Gasteiger partial charge in [0.05, 0.1) is 23.6 Å². The maximum atomic E-state index is 14.6. The maximum Gasteiger partial charge on any atom is 0.335 e. The predicted molar refractivity (Wildman–Crippen MR) is 158 cm³/mol. The van der Waals surface area contributed by atoms with Crippen molar-refractivity contribution in [1.82, 2.24) is 14.9 Å². The Hall–Kier alpha value is -4.69. The number of nitrogens with one attached hydrogen (secondary N) is 2. The molecular weight excluding hydrogens is 609 g/mol. The lowest BCUT2D eigenvalue weighted by molar-refractivity contribution is -0.125. The van der Waals surface area contributed by atoms with Gasteiger partial charge >= 0.3 is 5.97 Å². The summed E-state index contributed by atoms with van der Waals surface area (Å²) in [6, 6.07) is 13.1. The summed E-state index contributed by atoms with van der Waals surface area (Å²) in [6.45, 7) is -0.548. The molecule has 2 amide bonds. The van der Waals surface area contributed by atoms with E-state index in [0.29, 0.717) is 23.5 Å². The first-order valence-electron chi connectivity index (χ1n) is 14.2. The van der Waals surface area contributed by atoms with Crippen molar-refractivity contribution < 1.29 is 46.5 Å². The van der Waals surface area contributed by atoms with E-state index in [-0.39, 0.29) is 54.6 Å². The van der Waals surface area contributed by atoms with Crippen LogP contribution in [-0.2, 0) is 32.6 Å². The number of aryl methyl sites for hydroxylation is 1. The lowest BCUT2D eigenvalue weighted by Gasteiger charge is -2.38. The van der Waals surface area contributed by atoms with Crippen molar-refractivity contribution in [2.24, 2.45) is 0 Å². The Labute approximate surface area is 259 Å². The van der Waals surface area contributed by atoms with E-state index in [1.807, 2.05) is 0 Å². The standard InChI is InChI=1S/C31H32FN3O9S/c1-42-27-8-2-19-3-9-29(36)33-16-20-12-22(32)15-23(13-20)44-26-10-11-35(17-25(26)34-30(37)18-43-28(27)14-19)45(40,41)24-6-4-21(5-7-24)31(38)39/h2,4-8,12-15,25-26H,3,9-11,16-18H2,1H3,(H,33,36)(H,34,37)(H,38,39)/t25-,26-/m1/s1. The third-order valence-electron chi connectivity index (χ3n) is 7.53. The fourth-order valence-corrected chi connectivity index (χ4v) is 6.69. The van der Waals surface area contributed by atoms with Crippen molar-refractivity contribution in [3.05, 3.63) is 83.2 Å². The number of carboxylic acids is 1. The topological polar surface area (TPSA) is 161 Å². The Morgan fingerprint density at radius 1 is 1.02 bits per heavy atom. The monoisotopic (exact) mass is 641 g/mol. The van der Waals surface area contributed by atoms with Crippen molar-refractivity contribution in [2.45, 2.75) is 42.8 Å². The van der Waals surface area contributed by atoms with Crippen LogP contribution in [0.1, 0.15) is 34.3 Å². The number of carbonyl (C=O) groups excluding carboxylic acids is 2. The minimum atomic E-state index is -4.08. The second kappa shape index (κ2) is 13.5. The minimum absolute atomic E-state index is 0.0127. The summed E-state index contributed by atoms with van der Waals surface area (Å²) < 4.78 is 60.0. The number of ether oxygens (including phenoxy) is 3. The molecule has 2 aliphatic rings. The number of piperidine rings is 1. The molecule has 45 heavy (non-hydrogen) atoms. The Morgan fingerprint density at radius 3 is 2.53 bits per heavy atom. The van der Waals surface area contributed by atoms with Crippen molar-refractivity contribution >= 4 is 27.8 Å². The molecule has 4 bridgehead atoms. The minimum Gasteiger partial charge on any atom is -0.493 e. The Morgan fingerprint density at radius 2 is 1.80 bits per heavy atom. The van der Waals surface area contributed by atoms with E-state index < -0.39 is 46.5 Å². The zero-order valence-electron chi connectivity index (χ0n) is 24.3. The summed E-state index contributed by atoms with van der Waals surface area (Å²) in [6.07, 6.45) is -0.0759. The smallest absolute Gasteiger partial charge is 0.335 e. The van der Waals surface area contributed by atoms with Gasteiger partial charge in [0.15, 0.2) is 18.1 Å². The molecule has 14 heteroatoms. The van der Waals surface area contributed by atoms with E-state index in [4.69, 9.17) is 14.2 Å². The number of sulfonamides is 1. The Kier molecular flexibility index (Phi) is 9.54. The van der Waals surface area contributed by atoms with Gasteiger partial charge in [-0.1, -0.05) is 6.07 Å². The molecule has 2 heterocycles. The Bertz CT molecular complexity index is 1700. The molecule has 0 spiro atoms. The molecule has 0 unspecified atom stereocenters. The summed E-state index contributed by atoms with van der Waals surface area (Å²) in [4.78, 5) is 36.8. The van der Waals surface area contributed by atoms with Crippen molar-refractivity contribution in [1.29, 1.82) is 0 Å². The number of aromatic carboxylic acids is 1. The molecular formula is C31H32FN3O9S. The second-order valence-corrected chi connectivity index (χ2v) is 12.6. The average Bonchev–Trinajstić information content (AvgIpc) is 3.02. The molecule has 238 valence electrons. The number of carbonyl (C=O) groups is 3. The van der Waals surface area contributed by atoms with E-state index in [2.05, 4.69) is 10.6 Å². The summed E-state index contributed by atoms with van der Waals surface area (Å²) in [5.74, 6) is -1.75. The lowest BCUT2D eigenvalue weighted by atomic mass is 10.0. The molecule has 1 saturated heterocycles. The van der Waals surface area contributed by atoms with Crippen molar-refractivity contribution in [3.8, 4) is 17.2 Å². The van der Waals surface area contributed by atoms with Gasteiger partial charge in [-0.05, 0) is 66.1 Å². The van der Waals surface area contributed by atoms with Gasteiger partial charge in [0.1, 0.15) is 17.7 Å². The van der Waals surface area contributed by atoms with Gasteiger partial charge in [0.2, 0.25) is 15.9 Å². The quantitative estimate of drug-likeness (QED) is 0.389. The Balaban J connectivity index is 1.43. The van der Waals surface area contributed by atoms with E-state index in [0.717, 1.165) is 5.56 Å². The van der Waals surface area contributed by atoms with Gasteiger partial charge in [-0.25, -0.2) is 17.6 Å². The largest absolute Gasteiger partial charge is 0.493 e. The molecule has 0 aliphatic carbocycles. The van der Waals surface area contributed by atoms with Crippen LogP contribution in [0.15, 0.2) is 65.6 Å².